The van der Waals surface area contributed by atoms with E-state index in [0.717, 1.165) is 50.1 Å². The third kappa shape index (κ3) is 5.83. The van der Waals surface area contributed by atoms with Crippen LogP contribution in [0.25, 0.3) is 61.4 Å². The van der Waals surface area contributed by atoms with Gasteiger partial charge in [0.1, 0.15) is 5.75 Å². The van der Waals surface area contributed by atoms with Crippen LogP contribution >= 0.6 is 0 Å². The molecule has 7 aromatic rings. The molecule has 0 fully saturated rings. The normalized spacial score (nSPS) is 11.4. The number of pyridine rings is 1. The Balaban J connectivity index is 0.00000357. The Morgan fingerprint density at radius 3 is 1.98 bits per heavy atom. The van der Waals surface area contributed by atoms with Crippen LogP contribution in [0.3, 0.4) is 0 Å². The fraction of sp³-hybridized carbons (Fsp3) is 0.150. The second-order valence-electron chi connectivity index (χ2n) is 12.0. The Morgan fingerprint density at radius 1 is 0.622 bits per heavy atom. The number of imidazole rings is 1. The molecule has 0 aliphatic heterocycles. The molecule has 0 aliphatic rings. The second-order valence-corrected chi connectivity index (χ2v) is 12.0. The van der Waals surface area contributed by atoms with Gasteiger partial charge in [-0.25, -0.2) is 0 Å². The van der Waals surface area contributed by atoms with E-state index >= 15 is 0 Å². The fourth-order valence-electron chi connectivity index (χ4n) is 5.84. The maximum atomic E-state index is 10.9. The molecule has 7 rings (SSSR count). The number of hydrogen-bond acceptors (Lipinski definition) is 3. The predicted molar refractivity (Wildman–Crippen MR) is 181 cm³/mol. The Kier molecular flexibility index (Phi) is 8.44. The molecular weight excluding hydrogens is 734 g/mol. The molecule has 0 radical (unpaired) electrons. The molecule has 0 spiro atoms. The van der Waals surface area contributed by atoms with Crippen LogP contribution in [-0.2, 0) is 21.1 Å². The number of fused-ring (bicyclic) bond motifs is 2. The first-order chi connectivity index (χ1) is 21.4. The first-order valence-electron chi connectivity index (χ1n) is 15.2. The summed E-state index contributed by atoms with van der Waals surface area (Å²) in [5.74, 6) is 1.86. The first-order valence-corrected chi connectivity index (χ1v) is 15.2. The Labute approximate surface area is 278 Å². The third-order valence-corrected chi connectivity index (χ3v) is 8.32. The molecule has 0 saturated heterocycles. The average molecular weight is 768 g/mol. The Bertz CT molecular complexity index is 2140. The van der Waals surface area contributed by atoms with Crippen LogP contribution in [0.1, 0.15) is 50.7 Å². The molecule has 0 amide bonds. The number of para-hydroxylation sites is 2. The van der Waals surface area contributed by atoms with Gasteiger partial charge in [-0.1, -0.05) is 93.4 Å². The van der Waals surface area contributed by atoms with Gasteiger partial charge in [0.2, 0.25) is 0 Å². The molecule has 5 aromatic carbocycles. The summed E-state index contributed by atoms with van der Waals surface area (Å²) in [4.78, 5) is 10.1. The van der Waals surface area contributed by atoms with Crippen molar-refractivity contribution < 1.29 is 26.2 Å². The summed E-state index contributed by atoms with van der Waals surface area (Å²) in [6.07, 6.45) is 0. The molecule has 0 saturated carbocycles. The van der Waals surface area contributed by atoms with Crippen molar-refractivity contribution in [1.82, 2.24) is 14.5 Å². The summed E-state index contributed by atoms with van der Waals surface area (Å²) >= 11 is 0. The molecule has 2 aromatic heterocycles. The summed E-state index contributed by atoms with van der Waals surface area (Å²) in [6, 6.07) is 42.7. The number of phenols is 1. The monoisotopic (exact) mass is 767 g/mol. The van der Waals surface area contributed by atoms with Crippen LogP contribution in [0, 0.1) is 6.07 Å². The molecule has 0 atom stereocenters. The van der Waals surface area contributed by atoms with Crippen LogP contribution < -0.4 is 0 Å². The molecule has 5 heteroatoms. The Morgan fingerprint density at radius 2 is 1.24 bits per heavy atom. The van der Waals surface area contributed by atoms with Gasteiger partial charge in [-0.3, -0.25) is 9.97 Å². The molecule has 226 valence electrons. The van der Waals surface area contributed by atoms with E-state index in [9.17, 15) is 5.11 Å². The number of benzene rings is 5. The summed E-state index contributed by atoms with van der Waals surface area (Å²) in [7, 11) is 0. The Hall–Kier alpha value is -4.53. The number of nitrogens with zero attached hydrogens (tertiary/aromatic N) is 3. The van der Waals surface area contributed by atoms with E-state index < -0.39 is 0 Å². The first kappa shape index (κ1) is 30.5. The summed E-state index contributed by atoms with van der Waals surface area (Å²) in [6.45, 7) is 8.97. The van der Waals surface area contributed by atoms with Crippen LogP contribution in [0.5, 0.6) is 5.75 Å². The van der Waals surface area contributed by atoms with Gasteiger partial charge in [-0.15, -0.1) is 24.3 Å². The zero-order chi connectivity index (χ0) is 30.4. The van der Waals surface area contributed by atoms with Crippen LogP contribution in [0.2, 0.25) is 0 Å². The summed E-state index contributed by atoms with van der Waals surface area (Å²) in [5.41, 5.74) is 9.67. The van der Waals surface area contributed by atoms with E-state index in [1.54, 1.807) is 6.07 Å². The zero-order valence-electron chi connectivity index (χ0n) is 25.7. The largest absolute Gasteiger partial charge is 0.507 e. The van der Waals surface area contributed by atoms with Gasteiger partial charge >= 0.3 is 0 Å². The molecule has 4 nitrogen and oxygen atoms in total. The van der Waals surface area contributed by atoms with E-state index in [1.165, 1.54) is 11.1 Å². The van der Waals surface area contributed by atoms with Gasteiger partial charge in [-0.05, 0) is 76.2 Å². The van der Waals surface area contributed by atoms with Crippen LogP contribution in [0.15, 0.2) is 115 Å². The predicted octanol–water partition coefficient (Wildman–Crippen LogP) is 10.3. The molecule has 45 heavy (non-hydrogen) atoms. The average Bonchev–Trinajstić information content (AvgIpc) is 3.44. The SMILES string of the molecule is CC(C)c1cc(C(C)C)cc(-n2c(-c3[c-]c(-c4cccc(-c5cc6ccccc6cc5O)n4)ccc3)nc3ccccc32)c1.[Pt]. The minimum atomic E-state index is 0. The maximum Gasteiger partial charge on any atom is 0.125 e. The zero-order valence-corrected chi connectivity index (χ0v) is 28.0. The van der Waals surface area contributed by atoms with Gasteiger partial charge in [0.15, 0.2) is 0 Å². The standard InChI is InChI=1S/C40H34N3O.Pt/c1-25(2)31-20-32(26(3)4)22-33(21-31)43-38-18-8-7-15-37(38)42-40(43)30-14-9-13-29(19-30)35-16-10-17-36(41-35)34-23-27-11-5-6-12-28(27)24-39(34)44;/h5-18,20-26,44H,1-4H3;/q-1;. The molecule has 2 heterocycles. The summed E-state index contributed by atoms with van der Waals surface area (Å²) < 4.78 is 2.26. The van der Waals surface area contributed by atoms with Crippen molar-refractivity contribution in [2.75, 3.05) is 0 Å². The minimum Gasteiger partial charge on any atom is -0.507 e. The fourth-order valence-corrected chi connectivity index (χ4v) is 5.84. The van der Waals surface area contributed by atoms with Crippen LogP contribution in [-0.4, -0.2) is 19.6 Å². The van der Waals surface area contributed by atoms with Crippen molar-refractivity contribution in [3.05, 3.63) is 132 Å². The molecule has 1 N–H and O–H groups in total. The van der Waals surface area contributed by atoms with Crippen molar-refractivity contribution in [1.29, 1.82) is 0 Å². The maximum absolute atomic E-state index is 10.9. The van der Waals surface area contributed by atoms with Gasteiger partial charge in [0, 0.05) is 38.0 Å². The number of rotatable bonds is 6. The van der Waals surface area contributed by atoms with Crippen molar-refractivity contribution in [2.24, 2.45) is 0 Å². The molecule has 0 unspecified atom stereocenters. The van der Waals surface area contributed by atoms with Crippen molar-refractivity contribution >= 4 is 21.8 Å². The summed E-state index contributed by atoms with van der Waals surface area (Å²) in [5, 5.41) is 12.9. The van der Waals surface area contributed by atoms with Gasteiger partial charge in [0.25, 0.3) is 0 Å². The van der Waals surface area contributed by atoms with E-state index in [2.05, 4.69) is 80.8 Å². The molecule has 0 bridgehead atoms. The van der Waals surface area contributed by atoms with E-state index in [1.807, 2.05) is 66.7 Å². The minimum absolute atomic E-state index is 0. The van der Waals surface area contributed by atoms with E-state index in [4.69, 9.17) is 9.97 Å². The van der Waals surface area contributed by atoms with E-state index in [0.29, 0.717) is 23.1 Å². The quantitative estimate of drug-likeness (QED) is 0.172. The molecular formula is C40H34N3OPt-. The van der Waals surface area contributed by atoms with Crippen LogP contribution in [0.4, 0.5) is 0 Å². The van der Waals surface area contributed by atoms with Gasteiger partial charge in [0.05, 0.1) is 22.6 Å². The smallest absolute Gasteiger partial charge is 0.125 e. The van der Waals surface area contributed by atoms with Gasteiger partial charge in [-0.2, -0.15) is 0 Å². The second kappa shape index (κ2) is 12.5. The number of aromatic hydroxyl groups is 1. The van der Waals surface area contributed by atoms with Crippen molar-refractivity contribution in [2.45, 2.75) is 39.5 Å². The third-order valence-electron chi connectivity index (χ3n) is 8.32. The number of phenolic OH excluding ortho intramolecular Hbond substituents is 1. The number of hydrogen-bond donors (Lipinski definition) is 1. The topological polar surface area (TPSA) is 50.9 Å². The van der Waals surface area contributed by atoms with Crippen molar-refractivity contribution in [3.63, 3.8) is 0 Å². The van der Waals surface area contributed by atoms with E-state index in [-0.39, 0.29) is 26.8 Å². The van der Waals surface area contributed by atoms with Crippen molar-refractivity contribution in [3.8, 4) is 45.3 Å². The van der Waals surface area contributed by atoms with Gasteiger partial charge < -0.3 is 9.67 Å². The number of aromatic nitrogens is 3. The molecule has 0 aliphatic carbocycles.